The summed E-state index contributed by atoms with van der Waals surface area (Å²) >= 11 is 0. The van der Waals surface area contributed by atoms with Crippen LogP contribution in [0.5, 0.6) is 5.75 Å². The minimum Gasteiger partial charge on any atom is -0.490 e. The number of hydrogen-bond acceptors (Lipinski definition) is 6. The number of nitrogens with one attached hydrogen (secondary N) is 1. The van der Waals surface area contributed by atoms with Crippen molar-refractivity contribution < 1.29 is 18.1 Å². The lowest BCUT2D eigenvalue weighted by molar-refractivity contribution is -0.386. The Balaban J connectivity index is 1.92. The van der Waals surface area contributed by atoms with Gasteiger partial charge in [0, 0.05) is 25.7 Å². The smallest absolute Gasteiger partial charge is 0.312 e. The maximum Gasteiger partial charge on any atom is 0.312 e. The molecule has 2 rings (SSSR count). The van der Waals surface area contributed by atoms with Crippen LogP contribution in [-0.4, -0.2) is 51.5 Å². The molecular formula is C17H27N3O5S. The van der Waals surface area contributed by atoms with Crippen molar-refractivity contribution in [1.29, 1.82) is 0 Å². The number of likely N-dealkylation sites (tertiary alicyclic amines) is 1. The molecule has 0 unspecified atom stereocenters. The zero-order valence-corrected chi connectivity index (χ0v) is 16.3. The van der Waals surface area contributed by atoms with Crippen LogP contribution in [-0.2, 0) is 10.0 Å². The summed E-state index contributed by atoms with van der Waals surface area (Å²) in [6.45, 7) is 7.69. The molecule has 0 saturated carbocycles. The van der Waals surface area contributed by atoms with E-state index < -0.39 is 14.9 Å². The average molecular weight is 385 g/mol. The monoisotopic (exact) mass is 385 g/mol. The minimum absolute atomic E-state index is 0.0299. The quantitative estimate of drug-likeness (QED) is 0.418. The Labute approximate surface area is 154 Å². The van der Waals surface area contributed by atoms with E-state index in [0.29, 0.717) is 24.8 Å². The van der Waals surface area contributed by atoms with E-state index in [1.54, 1.807) is 0 Å². The van der Waals surface area contributed by atoms with Gasteiger partial charge in [0.2, 0.25) is 10.0 Å². The molecule has 0 radical (unpaired) electrons. The lowest BCUT2D eigenvalue weighted by Gasteiger charge is -2.34. The zero-order chi connectivity index (χ0) is 19.3. The van der Waals surface area contributed by atoms with Gasteiger partial charge < -0.3 is 9.64 Å². The number of piperidine rings is 1. The zero-order valence-electron chi connectivity index (χ0n) is 15.5. The standard InChI is InChI=1S/C17H27N3O5S/c1-13-9-14(2)12-19(11-13)8-4-7-18-26(23,24)15-5-6-17(25-3)16(10-15)20(21)22/h5-6,10,13-14,18H,4,7-9,11-12H2,1-3H3/t13-,14-/m1/s1. The average Bonchev–Trinajstić information content (AvgIpc) is 2.57. The topological polar surface area (TPSA) is 102 Å². The third kappa shape index (κ3) is 5.39. The molecule has 1 aliphatic rings. The number of sulfonamides is 1. The van der Waals surface area contributed by atoms with Crippen molar-refractivity contribution in [3.8, 4) is 5.75 Å². The van der Waals surface area contributed by atoms with E-state index in [0.717, 1.165) is 25.7 Å². The highest BCUT2D eigenvalue weighted by atomic mass is 32.2. The molecule has 8 nitrogen and oxygen atoms in total. The van der Waals surface area contributed by atoms with E-state index in [1.807, 2.05) is 0 Å². The van der Waals surface area contributed by atoms with Gasteiger partial charge in [-0.3, -0.25) is 10.1 Å². The molecule has 0 amide bonds. The summed E-state index contributed by atoms with van der Waals surface area (Å²) in [6.07, 6.45) is 1.93. The van der Waals surface area contributed by atoms with Crippen LogP contribution in [0.4, 0.5) is 5.69 Å². The molecule has 0 aliphatic carbocycles. The summed E-state index contributed by atoms with van der Waals surface area (Å²) in [6, 6.07) is 3.63. The maximum atomic E-state index is 12.4. The van der Waals surface area contributed by atoms with Crippen LogP contribution in [0.15, 0.2) is 23.1 Å². The first-order chi connectivity index (χ1) is 12.2. The molecular weight excluding hydrogens is 358 g/mol. The molecule has 1 aromatic rings. The van der Waals surface area contributed by atoms with Crippen LogP contribution >= 0.6 is 0 Å². The van der Waals surface area contributed by atoms with Gasteiger partial charge in [-0.2, -0.15) is 0 Å². The molecule has 1 aliphatic heterocycles. The van der Waals surface area contributed by atoms with Gasteiger partial charge in [0.05, 0.1) is 16.9 Å². The number of hydrogen-bond donors (Lipinski definition) is 1. The first-order valence-corrected chi connectivity index (χ1v) is 10.3. The summed E-state index contributed by atoms with van der Waals surface area (Å²) in [5.41, 5.74) is -0.369. The second-order valence-corrected chi connectivity index (χ2v) is 8.81. The number of methoxy groups -OCH3 is 1. The van der Waals surface area contributed by atoms with Crippen LogP contribution in [0, 0.1) is 22.0 Å². The predicted octanol–water partition coefficient (Wildman–Crippen LogP) is 2.25. The molecule has 0 aromatic heterocycles. The van der Waals surface area contributed by atoms with E-state index in [-0.39, 0.29) is 16.3 Å². The molecule has 1 fully saturated rings. The lowest BCUT2D eigenvalue weighted by Crippen LogP contribution is -2.40. The molecule has 0 bridgehead atoms. The molecule has 0 spiro atoms. The first kappa shape index (κ1) is 20.6. The fourth-order valence-electron chi connectivity index (χ4n) is 3.55. The minimum atomic E-state index is -3.79. The van der Waals surface area contributed by atoms with Gasteiger partial charge in [-0.05, 0) is 43.4 Å². The van der Waals surface area contributed by atoms with Gasteiger partial charge in [0.15, 0.2) is 5.75 Å². The van der Waals surface area contributed by atoms with Crippen LogP contribution in [0.2, 0.25) is 0 Å². The third-order valence-electron chi connectivity index (χ3n) is 4.54. The Morgan fingerprint density at radius 2 is 1.96 bits per heavy atom. The molecule has 9 heteroatoms. The van der Waals surface area contributed by atoms with Crippen molar-refractivity contribution in [3.05, 3.63) is 28.3 Å². The van der Waals surface area contributed by atoms with E-state index in [1.165, 1.54) is 25.7 Å². The van der Waals surface area contributed by atoms with Crippen LogP contribution < -0.4 is 9.46 Å². The number of nitrogens with zero attached hydrogens (tertiary/aromatic N) is 2. The van der Waals surface area contributed by atoms with Crippen molar-refractivity contribution in [2.75, 3.05) is 33.3 Å². The van der Waals surface area contributed by atoms with Gasteiger partial charge in [0.25, 0.3) is 0 Å². The summed E-state index contributed by atoms with van der Waals surface area (Å²) in [4.78, 5) is 12.6. The Kier molecular flexibility index (Phi) is 6.96. The van der Waals surface area contributed by atoms with Gasteiger partial charge in [0.1, 0.15) is 0 Å². The molecule has 146 valence electrons. The van der Waals surface area contributed by atoms with E-state index >= 15 is 0 Å². The highest BCUT2D eigenvalue weighted by Crippen LogP contribution is 2.29. The van der Waals surface area contributed by atoms with E-state index in [4.69, 9.17) is 4.74 Å². The van der Waals surface area contributed by atoms with Gasteiger partial charge in [-0.25, -0.2) is 13.1 Å². The number of nitro benzene ring substituents is 1. The molecule has 1 aromatic carbocycles. The summed E-state index contributed by atoms with van der Waals surface area (Å²) < 4.78 is 32.2. The number of rotatable bonds is 8. The van der Waals surface area contributed by atoms with Crippen LogP contribution in [0.1, 0.15) is 26.7 Å². The first-order valence-electron chi connectivity index (χ1n) is 8.77. The van der Waals surface area contributed by atoms with E-state index in [2.05, 4.69) is 23.5 Å². The largest absolute Gasteiger partial charge is 0.490 e. The van der Waals surface area contributed by atoms with Crippen molar-refractivity contribution in [2.24, 2.45) is 11.8 Å². The van der Waals surface area contributed by atoms with Gasteiger partial charge in [-0.15, -0.1) is 0 Å². The number of benzene rings is 1. The van der Waals surface area contributed by atoms with Crippen LogP contribution in [0.3, 0.4) is 0 Å². The normalized spacial score (nSPS) is 21.5. The maximum absolute atomic E-state index is 12.4. The summed E-state index contributed by atoms with van der Waals surface area (Å²) in [5.74, 6) is 1.35. The Bertz CT molecular complexity index is 728. The van der Waals surface area contributed by atoms with Gasteiger partial charge in [-0.1, -0.05) is 13.8 Å². The summed E-state index contributed by atoms with van der Waals surface area (Å²) in [5, 5.41) is 11.1. The Morgan fingerprint density at radius 1 is 1.31 bits per heavy atom. The predicted molar refractivity (Wildman–Crippen MR) is 98.8 cm³/mol. The fourth-order valence-corrected chi connectivity index (χ4v) is 4.64. The number of nitro groups is 1. The fraction of sp³-hybridized carbons (Fsp3) is 0.647. The van der Waals surface area contributed by atoms with Crippen molar-refractivity contribution in [3.63, 3.8) is 0 Å². The van der Waals surface area contributed by atoms with E-state index in [9.17, 15) is 18.5 Å². The molecule has 26 heavy (non-hydrogen) atoms. The van der Waals surface area contributed by atoms with Gasteiger partial charge >= 0.3 is 5.69 Å². The second kappa shape index (κ2) is 8.79. The Hall–Kier alpha value is -1.71. The SMILES string of the molecule is COc1ccc(S(=O)(=O)NCCCN2C[C@H](C)C[C@@H](C)C2)cc1[N+](=O)[O-]. The highest BCUT2D eigenvalue weighted by molar-refractivity contribution is 7.89. The highest BCUT2D eigenvalue weighted by Gasteiger charge is 2.23. The van der Waals surface area contributed by atoms with Crippen molar-refractivity contribution >= 4 is 15.7 Å². The number of ether oxygens (including phenoxy) is 1. The molecule has 2 atom stereocenters. The van der Waals surface area contributed by atoms with Crippen LogP contribution in [0.25, 0.3) is 0 Å². The van der Waals surface area contributed by atoms with Crippen molar-refractivity contribution in [2.45, 2.75) is 31.6 Å². The lowest BCUT2D eigenvalue weighted by atomic mass is 9.92. The molecule has 1 N–H and O–H groups in total. The second-order valence-electron chi connectivity index (χ2n) is 7.05. The third-order valence-corrected chi connectivity index (χ3v) is 6.00. The molecule has 1 heterocycles. The molecule has 1 saturated heterocycles. The summed E-state index contributed by atoms with van der Waals surface area (Å²) in [7, 11) is -2.49. The Morgan fingerprint density at radius 3 is 2.54 bits per heavy atom. The van der Waals surface area contributed by atoms with Crippen molar-refractivity contribution in [1.82, 2.24) is 9.62 Å².